The monoisotopic (exact) mass is 386 g/mol. The maximum absolute atomic E-state index is 13.0. The minimum Gasteiger partial charge on any atom is -0.349 e. The van der Waals surface area contributed by atoms with E-state index in [-0.39, 0.29) is 11.9 Å². The number of carbonyl (C=O) groups excluding carboxylic acids is 1. The van der Waals surface area contributed by atoms with Gasteiger partial charge in [-0.3, -0.25) is 9.52 Å². The van der Waals surface area contributed by atoms with Gasteiger partial charge in [0.1, 0.15) is 0 Å². The lowest BCUT2D eigenvalue weighted by molar-refractivity contribution is 0.0951. The van der Waals surface area contributed by atoms with Crippen LogP contribution in [0.25, 0.3) is 0 Å². The van der Waals surface area contributed by atoms with Gasteiger partial charge in [0.05, 0.1) is 4.90 Å². The molecule has 0 radical (unpaired) electrons. The number of nitrogens with one attached hydrogen (secondary N) is 2. The molecule has 2 aromatic rings. The molecule has 0 aromatic heterocycles. The van der Waals surface area contributed by atoms with Crippen molar-refractivity contribution in [3.8, 4) is 0 Å². The molecule has 1 saturated carbocycles. The summed E-state index contributed by atoms with van der Waals surface area (Å²) >= 11 is 0. The fourth-order valence-corrected chi connectivity index (χ4v) is 4.92. The van der Waals surface area contributed by atoms with Crippen LogP contribution in [0.2, 0.25) is 0 Å². The molecule has 144 valence electrons. The Morgan fingerprint density at radius 1 is 0.852 bits per heavy atom. The van der Waals surface area contributed by atoms with Crippen molar-refractivity contribution in [1.82, 2.24) is 5.32 Å². The fourth-order valence-electron chi connectivity index (χ4n) is 3.26. The van der Waals surface area contributed by atoms with Gasteiger partial charge in [0, 0.05) is 17.3 Å². The SMILES string of the molecule is Cc1c(C)c(C)c(S(=O)(=O)Nc2ccc(C(=O)NC3CC3)cc2)c(C)c1C. The molecular formula is C21H26N2O3S. The Labute approximate surface area is 161 Å². The molecule has 0 heterocycles. The molecule has 1 fully saturated rings. The highest BCUT2D eigenvalue weighted by molar-refractivity contribution is 7.92. The Morgan fingerprint density at radius 2 is 1.33 bits per heavy atom. The van der Waals surface area contributed by atoms with Crippen molar-refractivity contribution in [3.05, 3.63) is 57.6 Å². The van der Waals surface area contributed by atoms with E-state index in [2.05, 4.69) is 10.0 Å². The zero-order valence-electron chi connectivity index (χ0n) is 16.4. The van der Waals surface area contributed by atoms with Gasteiger partial charge >= 0.3 is 0 Å². The van der Waals surface area contributed by atoms with Crippen LogP contribution in [0.5, 0.6) is 0 Å². The van der Waals surface area contributed by atoms with Crippen LogP contribution in [-0.2, 0) is 10.0 Å². The van der Waals surface area contributed by atoms with E-state index in [0.29, 0.717) is 16.1 Å². The van der Waals surface area contributed by atoms with Crippen molar-refractivity contribution < 1.29 is 13.2 Å². The maximum atomic E-state index is 13.0. The Kier molecular flexibility index (Phi) is 5.04. The number of hydrogen-bond acceptors (Lipinski definition) is 3. The highest BCUT2D eigenvalue weighted by atomic mass is 32.2. The molecule has 0 unspecified atom stereocenters. The summed E-state index contributed by atoms with van der Waals surface area (Å²) in [5, 5.41) is 2.92. The topological polar surface area (TPSA) is 75.3 Å². The third kappa shape index (κ3) is 3.86. The first kappa shape index (κ1) is 19.4. The van der Waals surface area contributed by atoms with E-state index in [0.717, 1.165) is 40.7 Å². The van der Waals surface area contributed by atoms with E-state index in [1.807, 2.05) is 34.6 Å². The number of benzene rings is 2. The first-order chi connectivity index (χ1) is 12.6. The Hall–Kier alpha value is -2.34. The molecule has 1 amide bonds. The number of hydrogen-bond donors (Lipinski definition) is 2. The lowest BCUT2D eigenvalue weighted by atomic mass is 9.95. The predicted octanol–water partition coefficient (Wildman–Crippen LogP) is 3.92. The summed E-state index contributed by atoms with van der Waals surface area (Å²) in [6.45, 7) is 9.59. The van der Waals surface area contributed by atoms with Crippen LogP contribution in [0.1, 0.15) is 51.0 Å². The second-order valence-corrected chi connectivity index (χ2v) is 9.00. The predicted molar refractivity (Wildman–Crippen MR) is 108 cm³/mol. The summed E-state index contributed by atoms with van der Waals surface area (Å²) in [4.78, 5) is 12.4. The van der Waals surface area contributed by atoms with Gasteiger partial charge in [0.15, 0.2) is 0 Å². The zero-order valence-corrected chi connectivity index (χ0v) is 17.3. The minimum atomic E-state index is -3.73. The van der Waals surface area contributed by atoms with Crippen LogP contribution in [0.3, 0.4) is 0 Å². The largest absolute Gasteiger partial charge is 0.349 e. The van der Waals surface area contributed by atoms with Gasteiger partial charge in [-0.25, -0.2) is 8.42 Å². The second kappa shape index (κ2) is 7.00. The summed E-state index contributed by atoms with van der Waals surface area (Å²) in [5.74, 6) is -0.122. The van der Waals surface area contributed by atoms with E-state index in [4.69, 9.17) is 0 Å². The Morgan fingerprint density at radius 3 is 1.81 bits per heavy atom. The quantitative estimate of drug-likeness (QED) is 0.818. The van der Waals surface area contributed by atoms with Crippen LogP contribution in [0.4, 0.5) is 5.69 Å². The van der Waals surface area contributed by atoms with E-state index in [1.165, 1.54) is 0 Å². The maximum Gasteiger partial charge on any atom is 0.262 e. The summed E-state index contributed by atoms with van der Waals surface area (Å²) in [5.41, 5.74) is 5.60. The van der Waals surface area contributed by atoms with Crippen LogP contribution in [0, 0.1) is 34.6 Å². The van der Waals surface area contributed by atoms with Gasteiger partial charge in [-0.15, -0.1) is 0 Å². The lowest BCUT2D eigenvalue weighted by Crippen LogP contribution is -2.25. The van der Waals surface area contributed by atoms with E-state index in [9.17, 15) is 13.2 Å². The molecule has 5 nitrogen and oxygen atoms in total. The van der Waals surface area contributed by atoms with Crippen LogP contribution >= 0.6 is 0 Å². The van der Waals surface area contributed by atoms with Gasteiger partial charge in [0.25, 0.3) is 15.9 Å². The fraction of sp³-hybridized carbons (Fsp3) is 0.381. The number of anilines is 1. The summed E-state index contributed by atoms with van der Waals surface area (Å²) in [6, 6.07) is 6.81. The molecule has 2 aromatic carbocycles. The molecule has 0 spiro atoms. The minimum absolute atomic E-state index is 0.122. The standard InChI is InChI=1S/C21H26N2O3S/c1-12-13(2)15(4)20(16(5)14(12)3)27(25,26)23-19-8-6-17(7-9-19)21(24)22-18-10-11-18/h6-9,18,23H,10-11H2,1-5H3,(H,22,24). The number of rotatable bonds is 5. The third-order valence-corrected chi connectivity index (χ3v) is 7.17. The molecule has 27 heavy (non-hydrogen) atoms. The van der Waals surface area contributed by atoms with Crippen molar-refractivity contribution in [2.75, 3.05) is 4.72 Å². The van der Waals surface area contributed by atoms with Crippen molar-refractivity contribution in [2.24, 2.45) is 0 Å². The average Bonchev–Trinajstić information content (AvgIpc) is 3.42. The molecule has 0 aliphatic heterocycles. The first-order valence-electron chi connectivity index (χ1n) is 9.12. The third-order valence-electron chi connectivity index (χ3n) is 5.51. The molecular weight excluding hydrogens is 360 g/mol. The molecule has 1 aliphatic carbocycles. The number of amides is 1. The normalized spacial score (nSPS) is 14.1. The molecule has 1 aliphatic rings. The molecule has 0 atom stereocenters. The van der Waals surface area contributed by atoms with Crippen LogP contribution < -0.4 is 10.0 Å². The number of sulfonamides is 1. The highest BCUT2D eigenvalue weighted by Crippen LogP contribution is 2.30. The Balaban J connectivity index is 1.88. The summed E-state index contributed by atoms with van der Waals surface area (Å²) in [7, 11) is -3.73. The molecule has 6 heteroatoms. The van der Waals surface area contributed by atoms with Crippen molar-refractivity contribution >= 4 is 21.6 Å². The van der Waals surface area contributed by atoms with E-state index >= 15 is 0 Å². The van der Waals surface area contributed by atoms with Crippen molar-refractivity contribution in [3.63, 3.8) is 0 Å². The van der Waals surface area contributed by atoms with Crippen molar-refractivity contribution in [2.45, 2.75) is 58.4 Å². The molecule has 0 bridgehead atoms. The highest BCUT2D eigenvalue weighted by Gasteiger charge is 2.25. The van der Waals surface area contributed by atoms with Gasteiger partial charge in [-0.05, 0) is 99.5 Å². The molecule has 3 rings (SSSR count). The van der Waals surface area contributed by atoms with E-state index < -0.39 is 10.0 Å². The van der Waals surface area contributed by atoms with Crippen molar-refractivity contribution in [1.29, 1.82) is 0 Å². The van der Waals surface area contributed by atoms with Crippen LogP contribution in [-0.4, -0.2) is 20.4 Å². The average molecular weight is 387 g/mol. The van der Waals surface area contributed by atoms with Gasteiger partial charge in [0.2, 0.25) is 0 Å². The van der Waals surface area contributed by atoms with Gasteiger partial charge in [-0.1, -0.05) is 0 Å². The summed E-state index contributed by atoms with van der Waals surface area (Å²) < 4.78 is 28.7. The lowest BCUT2D eigenvalue weighted by Gasteiger charge is -2.19. The molecule has 0 saturated heterocycles. The van der Waals surface area contributed by atoms with E-state index in [1.54, 1.807) is 24.3 Å². The summed E-state index contributed by atoms with van der Waals surface area (Å²) in [6.07, 6.45) is 2.05. The first-order valence-corrected chi connectivity index (χ1v) is 10.6. The Bertz CT molecular complexity index is 976. The van der Waals surface area contributed by atoms with Crippen LogP contribution in [0.15, 0.2) is 29.2 Å². The smallest absolute Gasteiger partial charge is 0.262 e. The van der Waals surface area contributed by atoms with Gasteiger partial charge < -0.3 is 5.32 Å². The van der Waals surface area contributed by atoms with Gasteiger partial charge in [-0.2, -0.15) is 0 Å². The second-order valence-electron chi connectivity index (χ2n) is 7.38. The zero-order chi connectivity index (χ0) is 19.9. The number of carbonyl (C=O) groups is 1. The molecule has 2 N–H and O–H groups in total.